The van der Waals surface area contributed by atoms with Crippen LogP contribution in [0.3, 0.4) is 0 Å². The highest BCUT2D eigenvalue weighted by molar-refractivity contribution is 5.93. The van der Waals surface area contributed by atoms with E-state index in [1.54, 1.807) is 79.9 Å². The van der Waals surface area contributed by atoms with Gasteiger partial charge in [-0.15, -0.1) is 0 Å². The summed E-state index contributed by atoms with van der Waals surface area (Å²) >= 11 is 0. The third kappa shape index (κ3) is 5.01. The molecule has 0 atom stereocenters. The van der Waals surface area contributed by atoms with Gasteiger partial charge >= 0.3 is 5.97 Å². The van der Waals surface area contributed by atoms with Gasteiger partial charge in [0.1, 0.15) is 11.5 Å². The van der Waals surface area contributed by atoms with E-state index in [1.807, 2.05) is 31.2 Å². The van der Waals surface area contributed by atoms with Crippen LogP contribution in [0.25, 0.3) is 22.3 Å². The summed E-state index contributed by atoms with van der Waals surface area (Å²) in [7, 11) is 1.59. The summed E-state index contributed by atoms with van der Waals surface area (Å²) in [5.74, 6) is 0.904. The first-order chi connectivity index (χ1) is 18.0. The van der Waals surface area contributed by atoms with E-state index in [9.17, 15) is 9.59 Å². The van der Waals surface area contributed by atoms with Gasteiger partial charge < -0.3 is 9.47 Å². The summed E-state index contributed by atoms with van der Waals surface area (Å²) in [6.07, 6.45) is 1.49. The number of nitrogens with zero attached hydrogens (tertiary/aromatic N) is 3. The second kappa shape index (κ2) is 10.3. The lowest BCUT2D eigenvalue weighted by Crippen LogP contribution is -2.20. The van der Waals surface area contributed by atoms with Crippen molar-refractivity contribution >= 4 is 23.1 Å². The summed E-state index contributed by atoms with van der Waals surface area (Å²) < 4.78 is 12.2. The largest absolute Gasteiger partial charge is 0.497 e. The van der Waals surface area contributed by atoms with Crippen molar-refractivity contribution in [3.05, 3.63) is 124 Å². The molecular formula is C30H23N3O4. The molecule has 5 rings (SSSR count). The number of carbonyl (C=O) groups is 1. The number of methoxy groups -OCH3 is 1. The van der Waals surface area contributed by atoms with Crippen molar-refractivity contribution in [2.24, 2.45) is 5.10 Å². The molecule has 0 fully saturated rings. The molecule has 5 aromatic rings. The Morgan fingerprint density at radius 3 is 2.46 bits per heavy atom. The first-order valence-corrected chi connectivity index (χ1v) is 11.6. The van der Waals surface area contributed by atoms with E-state index in [0.29, 0.717) is 44.9 Å². The molecule has 1 aromatic heterocycles. The van der Waals surface area contributed by atoms with Crippen molar-refractivity contribution in [2.45, 2.75) is 6.92 Å². The average Bonchev–Trinajstić information content (AvgIpc) is 2.93. The summed E-state index contributed by atoms with van der Waals surface area (Å²) in [6, 6.07) is 28.5. The van der Waals surface area contributed by atoms with Gasteiger partial charge in [-0.05, 0) is 67.6 Å². The number of fused-ring (bicyclic) bond motifs is 1. The van der Waals surface area contributed by atoms with Crippen molar-refractivity contribution in [2.75, 3.05) is 7.11 Å². The summed E-state index contributed by atoms with van der Waals surface area (Å²) in [6.45, 7) is 1.91. The van der Waals surface area contributed by atoms with Gasteiger partial charge in [0, 0.05) is 11.1 Å². The van der Waals surface area contributed by atoms with E-state index < -0.39 is 5.97 Å². The molecular weight excluding hydrogens is 466 g/mol. The Balaban J connectivity index is 1.56. The fourth-order valence-electron chi connectivity index (χ4n) is 3.89. The number of hydrogen-bond acceptors (Lipinski definition) is 6. The van der Waals surface area contributed by atoms with Gasteiger partial charge in [0.2, 0.25) is 0 Å². The molecule has 0 aliphatic carbocycles. The molecule has 0 aliphatic heterocycles. The SMILES string of the molecule is COc1ccc(-c2nc3ccccc3c(=O)n2N=Cc2ccccc2OC(=O)c2cccc(C)c2)cc1. The fourth-order valence-corrected chi connectivity index (χ4v) is 3.89. The van der Waals surface area contributed by atoms with Crippen LogP contribution in [0.5, 0.6) is 11.5 Å². The Bertz CT molecular complexity index is 1690. The Hall–Kier alpha value is -5.04. The number of aromatic nitrogens is 2. The normalized spacial score (nSPS) is 11.1. The Kier molecular flexibility index (Phi) is 6.59. The van der Waals surface area contributed by atoms with E-state index in [1.165, 1.54) is 10.9 Å². The number of ether oxygens (including phenoxy) is 2. The number of para-hydroxylation sites is 2. The number of benzene rings is 4. The lowest BCUT2D eigenvalue weighted by molar-refractivity contribution is 0.0734. The Morgan fingerprint density at radius 2 is 1.68 bits per heavy atom. The van der Waals surface area contributed by atoms with Crippen molar-refractivity contribution < 1.29 is 14.3 Å². The van der Waals surface area contributed by atoms with Crippen LogP contribution in [0, 0.1) is 6.92 Å². The average molecular weight is 490 g/mol. The van der Waals surface area contributed by atoms with Gasteiger partial charge in [-0.3, -0.25) is 4.79 Å². The van der Waals surface area contributed by atoms with Crippen LogP contribution >= 0.6 is 0 Å². The molecule has 0 spiro atoms. The highest BCUT2D eigenvalue weighted by atomic mass is 16.5. The minimum Gasteiger partial charge on any atom is -0.497 e. The number of esters is 1. The van der Waals surface area contributed by atoms with Gasteiger partial charge in [0.15, 0.2) is 5.82 Å². The predicted octanol–water partition coefficient (Wildman–Crippen LogP) is 5.48. The third-order valence-corrected chi connectivity index (χ3v) is 5.79. The molecule has 0 aliphatic rings. The second-order valence-corrected chi connectivity index (χ2v) is 8.34. The molecule has 0 bridgehead atoms. The standard InChI is InChI=1S/C30H23N3O4/c1-20-8-7-10-22(18-20)30(35)37-27-13-6-3-9-23(27)19-31-33-28(21-14-16-24(36-2)17-15-21)32-26-12-5-4-11-25(26)29(33)34/h3-19H,1-2H3. The van der Waals surface area contributed by atoms with Crippen LogP contribution in [-0.4, -0.2) is 29.0 Å². The fraction of sp³-hybridized carbons (Fsp3) is 0.0667. The van der Waals surface area contributed by atoms with Crippen LogP contribution in [0.15, 0.2) is 107 Å². The molecule has 0 saturated carbocycles. The Labute approximate surface area is 213 Å². The molecule has 0 N–H and O–H groups in total. The van der Waals surface area contributed by atoms with Crippen molar-refractivity contribution in [1.29, 1.82) is 0 Å². The molecule has 7 heteroatoms. The quantitative estimate of drug-likeness (QED) is 0.179. The zero-order chi connectivity index (χ0) is 25.8. The highest BCUT2D eigenvalue weighted by Gasteiger charge is 2.14. The predicted molar refractivity (Wildman–Crippen MR) is 144 cm³/mol. The smallest absolute Gasteiger partial charge is 0.343 e. The van der Waals surface area contributed by atoms with Crippen LogP contribution in [0.2, 0.25) is 0 Å². The number of rotatable bonds is 6. The van der Waals surface area contributed by atoms with E-state index in [4.69, 9.17) is 14.5 Å². The van der Waals surface area contributed by atoms with E-state index in [0.717, 1.165) is 5.56 Å². The van der Waals surface area contributed by atoms with Crippen molar-refractivity contribution in [1.82, 2.24) is 9.66 Å². The zero-order valence-electron chi connectivity index (χ0n) is 20.3. The monoisotopic (exact) mass is 489 g/mol. The molecule has 0 unspecified atom stereocenters. The van der Waals surface area contributed by atoms with E-state index in [-0.39, 0.29) is 5.56 Å². The van der Waals surface area contributed by atoms with Gasteiger partial charge in [0.05, 0.1) is 29.8 Å². The molecule has 0 radical (unpaired) electrons. The molecule has 37 heavy (non-hydrogen) atoms. The molecule has 0 amide bonds. The minimum absolute atomic E-state index is 0.318. The van der Waals surface area contributed by atoms with Crippen LogP contribution in [0.1, 0.15) is 21.5 Å². The zero-order valence-corrected chi connectivity index (χ0v) is 20.3. The first kappa shape index (κ1) is 23.7. The van der Waals surface area contributed by atoms with Crippen LogP contribution in [-0.2, 0) is 0 Å². The molecule has 7 nitrogen and oxygen atoms in total. The van der Waals surface area contributed by atoms with Gasteiger partial charge in [0.25, 0.3) is 5.56 Å². The minimum atomic E-state index is -0.479. The Morgan fingerprint density at radius 1 is 0.919 bits per heavy atom. The molecule has 1 heterocycles. The summed E-state index contributed by atoms with van der Waals surface area (Å²) in [4.78, 5) is 30.9. The first-order valence-electron chi connectivity index (χ1n) is 11.6. The van der Waals surface area contributed by atoms with Crippen LogP contribution in [0.4, 0.5) is 0 Å². The van der Waals surface area contributed by atoms with Crippen molar-refractivity contribution in [3.63, 3.8) is 0 Å². The van der Waals surface area contributed by atoms with E-state index in [2.05, 4.69) is 5.10 Å². The maximum Gasteiger partial charge on any atom is 0.343 e. The topological polar surface area (TPSA) is 82.8 Å². The van der Waals surface area contributed by atoms with Gasteiger partial charge in [-0.1, -0.05) is 42.0 Å². The lowest BCUT2D eigenvalue weighted by atomic mass is 10.1. The maximum absolute atomic E-state index is 13.4. The molecule has 4 aromatic carbocycles. The summed E-state index contributed by atoms with van der Waals surface area (Å²) in [5, 5.41) is 4.93. The highest BCUT2D eigenvalue weighted by Crippen LogP contribution is 2.23. The number of carbonyl (C=O) groups excluding carboxylic acids is 1. The van der Waals surface area contributed by atoms with E-state index >= 15 is 0 Å². The van der Waals surface area contributed by atoms with Crippen molar-refractivity contribution in [3.8, 4) is 22.9 Å². The van der Waals surface area contributed by atoms with Gasteiger partial charge in [-0.25, -0.2) is 9.78 Å². The number of hydrogen-bond donors (Lipinski definition) is 0. The second-order valence-electron chi connectivity index (χ2n) is 8.34. The summed E-state index contributed by atoms with van der Waals surface area (Å²) in [5.41, 5.74) is 2.88. The molecule has 0 saturated heterocycles. The molecule has 182 valence electrons. The van der Waals surface area contributed by atoms with Crippen LogP contribution < -0.4 is 15.0 Å². The maximum atomic E-state index is 13.4. The third-order valence-electron chi connectivity index (χ3n) is 5.79. The lowest BCUT2D eigenvalue weighted by Gasteiger charge is -2.11. The number of aryl methyl sites for hydroxylation is 1. The van der Waals surface area contributed by atoms with Gasteiger partial charge in [-0.2, -0.15) is 9.78 Å².